The molecule has 0 saturated carbocycles. The standard InChI is InChI=1S/C11H15ClFNO/c1-14-11(5-6-15-2)9-7-8(13)3-4-10(9)12/h3-4,7,11,14H,5-6H2,1-2H3. The first-order valence-corrected chi connectivity index (χ1v) is 5.18. The maximum atomic E-state index is 13.0. The zero-order valence-electron chi connectivity index (χ0n) is 8.89. The highest BCUT2D eigenvalue weighted by Crippen LogP contribution is 2.25. The van der Waals surface area contributed by atoms with Crippen molar-refractivity contribution in [2.24, 2.45) is 0 Å². The van der Waals surface area contributed by atoms with Crippen molar-refractivity contribution in [1.29, 1.82) is 0 Å². The van der Waals surface area contributed by atoms with Gasteiger partial charge in [0.25, 0.3) is 0 Å². The lowest BCUT2D eigenvalue weighted by molar-refractivity contribution is 0.184. The van der Waals surface area contributed by atoms with Crippen LogP contribution in [-0.4, -0.2) is 20.8 Å². The normalized spacial score (nSPS) is 12.8. The van der Waals surface area contributed by atoms with Crippen molar-refractivity contribution in [2.75, 3.05) is 20.8 Å². The molecule has 1 unspecified atom stereocenters. The third-order valence-corrected chi connectivity index (χ3v) is 2.64. The Labute approximate surface area is 94.4 Å². The molecular formula is C11H15ClFNO. The van der Waals surface area contributed by atoms with Gasteiger partial charge in [0.15, 0.2) is 0 Å². The quantitative estimate of drug-likeness (QED) is 0.842. The number of hydrogen-bond acceptors (Lipinski definition) is 2. The summed E-state index contributed by atoms with van der Waals surface area (Å²) in [5.74, 6) is -0.271. The monoisotopic (exact) mass is 231 g/mol. The van der Waals surface area contributed by atoms with E-state index in [1.165, 1.54) is 12.1 Å². The molecule has 4 heteroatoms. The first-order valence-electron chi connectivity index (χ1n) is 4.80. The highest BCUT2D eigenvalue weighted by atomic mass is 35.5. The Morgan fingerprint density at radius 2 is 2.27 bits per heavy atom. The second-order valence-electron chi connectivity index (χ2n) is 3.29. The fourth-order valence-corrected chi connectivity index (χ4v) is 1.72. The highest BCUT2D eigenvalue weighted by Gasteiger charge is 2.13. The van der Waals surface area contributed by atoms with Gasteiger partial charge >= 0.3 is 0 Å². The molecule has 1 rings (SSSR count). The van der Waals surface area contributed by atoms with Crippen LogP contribution in [-0.2, 0) is 4.74 Å². The predicted molar refractivity (Wildman–Crippen MR) is 59.7 cm³/mol. The molecule has 0 saturated heterocycles. The molecule has 1 atom stereocenters. The molecule has 15 heavy (non-hydrogen) atoms. The maximum absolute atomic E-state index is 13.0. The molecule has 0 aliphatic carbocycles. The summed E-state index contributed by atoms with van der Waals surface area (Å²) in [4.78, 5) is 0. The van der Waals surface area contributed by atoms with E-state index >= 15 is 0 Å². The molecule has 0 aliphatic heterocycles. The first kappa shape index (κ1) is 12.4. The van der Waals surface area contributed by atoms with Gasteiger partial charge in [0.1, 0.15) is 5.82 Å². The Balaban J connectivity index is 2.85. The number of rotatable bonds is 5. The SMILES string of the molecule is CNC(CCOC)c1cc(F)ccc1Cl. The van der Waals surface area contributed by atoms with E-state index in [4.69, 9.17) is 16.3 Å². The fourth-order valence-electron chi connectivity index (χ4n) is 1.47. The van der Waals surface area contributed by atoms with Crippen molar-refractivity contribution in [3.05, 3.63) is 34.6 Å². The number of methoxy groups -OCH3 is 1. The van der Waals surface area contributed by atoms with Crippen LogP contribution in [0.25, 0.3) is 0 Å². The molecule has 0 fully saturated rings. The van der Waals surface area contributed by atoms with Crippen LogP contribution >= 0.6 is 11.6 Å². The molecule has 0 radical (unpaired) electrons. The summed E-state index contributed by atoms with van der Waals surface area (Å²) in [6, 6.07) is 4.41. The predicted octanol–water partition coefficient (Wildman–Crippen LogP) is 2.78. The zero-order chi connectivity index (χ0) is 11.3. The molecule has 1 N–H and O–H groups in total. The number of ether oxygens (including phenoxy) is 1. The Morgan fingerprint density at radius 3 is 2.87 bits per heavy atom. The minimum Gasteiger partial charge on any atom is -0.385 e. The van der Waals surface area contributed by atoms with Gasteiger partial charge in [-0.05, 0) is 37.2 Å². The Kier molecular flexibility index (Phi) is 5.02. The first-order chi connectivity index (χ1) is 7.19. The molecule has 0 aromatic heterocycles. The summed E-state index contributed by atoms with van der Waals surface area (Å²) in [7, 11) is 3.46. The van der Waals surface area contributed by atoms with Crippen molar-refractivity contribution in [2.45, 2.75) is 12.5 Å². The number of hydrogen-bond donors (Lipinski definition) is 1. The molecule has 2 nitrogen and oxygen atoms in total. The second kappa shape index (κ2) is 6.05. The minimum absolute atomic E-state index is 0.0214. The summed E-state index contributed by atoms with van der Waals surface area (Å²) >= 11 is 6.00. The van der Waals surface area contributed by atoms with Crippen LogP contribution in [0.15, 0.2) is 18.2 Å². The van der Waals surface area contributed by atoms with Gasteiger partial charge in [-0.3, -0.25) is 0 Å². The van der Waals surface area contributed by atoms with E-state index in [2.05, 4.69) is 5.32 Å². The maximum Gasteiger partial charge on any atom is 0.123 e. The topological polar surface area (TPSA) is 21.3 Å². The Bertz CT molecular complexity index is 319. The number of nitrogens with one attached hydrogen (secondary N) is 1. The number of halogens is 2. The van der Waals surface area contributed by atoms with Crippen LogP contribution in [0.5, 0.6) is 0 Å². The van der Waals surface area contributed by atoms with Gasteiger partial charge in [-0.25, -0.2) is 4.39 Å². The molecule has 0 heterocycles. The summed E-state index contributed by atoms with van der Waals surface area (Å²) in [6.45, 7) is 0.609. The molecule has 0 bridgehead atoms. The molecule has 0 spiro atoms. The summed E-state index contributed by atoms with van der Waals surface area (Å²) in [6.07, 6.45) is 0.760. The van der Waals surface area contributed by atoms with Gasteiger partial charge in [-0.2, -0.15) is 0 Å². The van der Waals surface area contributed by atoms with Crippen molar-refractivity contribution in [3.63, 3.8) is 0 Å². The van der Waals surface area contributed by atoms with E-state index in [0.717, 1.165) is 12.0 Å². The van der Waals surface area contributed by atoms with Crippen molar-refractivity contribution in [3.8, 4) is 0 Å². The average molecular weight is 232 g/mol. The van der Waals surface area contributed by atoms with E-state index in [1.54, 1.807) is 13.2 Å². The van der Waals surface area contributed by atoms with Crippen molar-refractivity contribution in [1.82, 2.24) is 5.32 Å². The van der Waals surface area contributed by atoms with Crippen molar-refractivity contribution < 1.29 is 9.13 Å². The average Bonchev–Trinajstić information content (AvgIpc) is 2.24. The molecule has 1 aromatic carbocycles. The van der Waals surface area contributed by atoms with Crippen LogP contribution in [0.1, 0.15) is 18.0 Å². The highest BCUT2D eigenvalue weighted by molar-refractivity contribution is 6.31. The minimum atomic E-state index is -0.271. The molecule has 84 valence electrons. The second-order valence-corrected chi connectivity index (χ2v) is 3.70. The van der Waals surface area contributed by atoms with E-state index in [9.17, 15) is 4.39 Å². The summed E-state index contributed by atoms with van der Waals surface area (Å²) in [5.41, 5.74) is 0.774. The lowest BCUT2D eigenvalue weighted by Gasteiger charge is -2.17. The van der Waals surface area contributed by atoms with E-state index in [0.29, 0.717) is 11.6 Å². The Hall–Kier alpha value is -0.640. The molecule has 0 aliphatic rings. The van der Waals surface area contributed by atoms with E-state index < -0.39 is 0 Å². The van der Waals surface area contributed by atoms with Crippen LogP contribution in [0, 0.1) is 5.82 Å². The van der Waals surface area contributed by atoms with Gasteiger partial charge in [0.05, 0.1) is 0 Å². The number of benzene rings is 1. The van der Waals surface area contributed by atoms with Crippen LogP contribution in [0.3, 0.4) is 0 Å². The summed E-state index contributed by atoms with van der Waals surface area (Å²) in [5, 5.41) is 3.67. The molecule has 0 amide bonds. The third kappa shape index (κ3) is 3.45. The smallest absolute Gasteiger partial charge is 0.123 e. The van der Waals surface area contributed by atoms with Crippen LogP contribution in [0.2, 0.25) is 5.02 Å². The molecular weight excluding hydrogens is 217 g/mol. The van der Waals surface area contributed by atoms with Crippen LogP contribution in [0.4, 0.5) is 4.39 Å². The zero-order valence-corrected chi connectivity index (χ0v) is 9.64. The fraction of sp³-hybridized carbons (Fsp3) is 0.455. The van der Waals surface area contributed by atoms with Gasteiger partial charge in [0, 0.05) is 24.8 Å². The largest absolute Gasteiger partial charge is 0.385 e. The lowest BCUT2D eigenvalue weighted by Crippen LogP contribution is -2.18. The van der Waals surface area contributed by atoms with Gasteiger partial charge in [-0.15, -0.1) is 0 Å². The molecule has 1 aromatic rings. The Morgan fingerprint density at radius 1 is 1.53 bits per heavy atom. The third-order valence-electron chi connectivity index (χ3n) is 2.29. The van der Waals surface area contributed by atoms with Crippen molar-refractivity contribution >= 4 is 11.6 Å². The summed E-state index contributed by atoms with van der Waals surface area (Å²) < 4.78 is 18.0. The van der Waals surface area contributed by atoms with E-state index in [-0.39, 0.29) is 11.9 Å². The van der Waals surface area contributed by atoms with Gasteiger partial charge in [0.2, 0.25) is 0 Å². The van der Waals surface area contributed by atoms with Gasteiger partial charge in [-0.1, -0.05) is 11.6 Å². The van der Waals surface area contributed by atoms with Crippen LogP contribution < -0.4 is 5.32 Å². The van der Waals surface area contributed by atoms with Gasteiger partial charge < -0.3 is 10.1 Å². The lowest BCUT2D eigenvalue weighted by atomic mass is 10.0. The van der Waals surface area contributed by atoms with E-state index in [1.807, 2.05) is 7.05 Å².